The number of carbonyl (C=O) groups is 4. The highest BCUT2D eigenvalue weighted by atomic mass is 16.5. The van der Waals surface area contributed by atoms with Gasteiger partial charge in [0.05, 0.1) is 0 Å². The van der Waals surface area contributed by atoms with E-state index in [0.29, 0.717) is 11.1 Å². The quantitative estimate of drug-likeness (QED) is 0.415. The molecule has 146 valence electrons. The predicted molar refractivity (Wildman–Crippen MR) is 102 cm³/mol. The number of hydrogen-bond donors (Lipinski definition) is 2. The van der Waals surface area contributed by atoms with Gasteiger partial charge in [-0.05, 0) is 25.5 Å². The lowest BCUT2D eigenvalue weighted by atomic mass is 10.1. The summed E-state index contributed by atoms with van der Waals surface area (Å²) >= 11 is 0. The second-order valence-electron chi connectivity index (χ2n) is 6.08. The lowest BCUT2D eigenvalue weighted by Crippen LogP contribution is -2.41. The second kappa shape index (κ2) is 10.6. The monoisotopic (exact) mass is 382 g/mol. The molecule has 0 aromatic heterocycles. The number of rotatable bonds is 8. The standard InChI is InChI=1S/C21H22N2O5/c1-15(20(26)16-9-4-2-5-10-16)28-19(25)14-8-13-18(24)22-23-21(27)17-11-6-3-7-12-17/h2-7,9-12,15H,8,13-14H2,1H3,(H,22,24)(H,23,27). The molecule has 0 radical (unpaired) electrons. The summed E-state index contributed by atoms with van der Waals surface area (Å²) in [6.07, 6.45) is -0.635. The molecule has 7 heteroatoms. The van der Waals surface area contributed by atoms with Gasteiger partial charge >= 0.3 is 5.97 Å². The number of hydrogen-bond acceptors (Lipinski definition) is 5. The van der Waals surface area contributed by atoms with Crippen LogP contribution >= 0.6 is 0 Å². The third-order valence-electron chi connectivity index (χ3n) is 3.87. The van der Waals surface area contributed by atoms with Crippen LogP contribution < -0.4 is 10.9 Å². The van der Waals surface area contributed by atoms with E-state index in [2.05, 4.69) is 10.9 Å². The molecule has 1 atom stereocenters. The predicted octanol–water partition coefficient (Wildman–Crippen LogP) is 2.43. The molecule has 28 heavy (non-hydrogen) atoms. The van der Waals surface area contributed by atoms with E-state index >= 15 is 0 Å². The van der Waals surface area contributed by atoms with Gasteiger partial charge in [0.25, 0.3) is 5.91 Å². The van der Waals surface area contributed by atoms with Gasteiger partial charge in [0.2, 0.25) is 11.7 Å². The van der Waals surface area contributed by atoms with Crippen LogP contribution in [-0.4, -0.2) is 29.7 Å². The molecular formula is C21H22N2O5. The first-order chi connectivity index (χ1) is 13.5. The fourth-order valence-electron chi connectivity index (χ4n) is 2.39. The summed E-state index contributed by atoms with van der Waals surface area (Å²) in [5, 5.41) is 0. The van der Waals surface area contributed by atoms with Gasteiger partial charge in [-0.15, -0.1) is 0 Å². The Bertz CT molecular complexity index is 821. The van der Waals surface area contributed by atoms with Crippen LogP contribution in [0.5, 0.6) is 0 Å². The van der Waals surface area contributed by atoms with Crippen molar-refractivity contribution in [3.05, 3.63) is 71.8 Å². The van der Waals surface area contributed by atoms with Crippen LogP contribution in [0.1, 0.15) is 46.9 Å². The van der Waals surface area contributed by atoms with Crippen molar-refractivity contribution in [1.82, 2.24) is 10.9 Å². The van der Waals surface area contributed by atoms with Crippen LogP contribution in [0.15, 0.2) is 60.7 Å². The number of carbonyl (C=O) groups excluding carboxylic acids is 4. The lowest BCUT2D eigenvalue weighted by Gasteiger charge is -2.12. The molecule has 2 rings (SSSR count). The van der Waals surface area contributed by atoms with Crippen molar-refractivity contribution in [2.75, 3.05) is 0 Å². The maximum atomic E-state index is 12.1. The van der Waals surface area contributed by atoms with Gasteiger partial charge in [-0.3, -0.25) is 30.0 Å². The molecule has 2 aromatic rings. The van der Waals surface area contributed by atoms with Crippen LogP contribution in [0, 0.1) is 0 Å². The first-order valence-electron chi connectivity index (χ1n) is 8.90. The minimum absolute atomic E-state index is 0.00748. The van der Waals surface area contributed by atoms with E-state index in [1.165, 1.54) is 6.92 Å². The van der Waals surface area contributed by atoms with E-state index in [1.807, 2.05) is 0 Å². The molecule has 0 heterocycles. The van der Waals surface area contributed by atoms with Crippen LogP contribution in [0.4, 0.5) is 0 Å². The summed E-state index contributed by atoms with van der Waals surface area (Å²) in [7, 11) is 0. The van der Waals surface area contributed by atoms with Gasteiger partial charge in [0.15, 0.2) is 6.10 Å². The van der Waals surface area contributed by atoms with E-state index in [-0.39, 0.29) is 25.0 Å². The molecular weight excluding hydrogens is 360 g/mol. The lowest BCUT2D eigenvalue weighted by molar-refractivity contribution is -0.146. The zero-order chi connectivity index (χ0) is 20.4. The highest BCUT2D eigenvalue weighted by molar-refractivity contribution is 6.00. The summed E-state index contributed by atoms with van der Waals surface area (Å²) < 4.78 is 5.11. The van der Waals surface area contributed by atoms with Crippen molar-refractivity contribution in [2.45, 2.75) is 32.3 Å². The van der Waals surface area contributed by atoms with Crippen molar-refractivity contribution in [3.8, 4) is 0 Å². The topological polar surface area (TPSA) is 102 Å². The first-order valence-corrected chi connectivity index (χ1v) is 8.90. The average molecular weight is 382 g/mol. The summed E-state index contributed by atoms with van der Waals surface area (Å²) in [4.78, 5) is 47.5. The van der Waals surface area contributed by atoms with Gasteiger partial charge in [-0.1, -0.05) is 48.5 Å². The van der Waals surface area contributed by atoms with E-state index < -0.39 is 23.9 Å². The van der Waals surface area contributed by atoms with Crippen molar-refractivity contribution in [3.63, 3.8) is 0 Å². The molecule has 0 bridgehead atoms. The SMILES string of the molecule is CC(OC(=O)CCCC(=O)NNC(=O)c1ccccc1)C(=O)c1ccccc1. The number of ketones is 1. The maximum absolute atomic E-state index is 12.1. The molecule has 2 amide bonds. The van der Waals surface area contributed by atoms with Crippen molar-refractivity contribution < 1.29 is 23.9 Å². The third kappa shape index (κ3) is 6.68. The normalized spacial score (nSPS) is 11.2. The molecule has 2 N–H and O–H groups in total. The Morgan fingerprint density at radius 3 is 2.00 bits per heavy atom. The highest BCUT2D eigenvalue weighted by Crippen LogP contribution is 2.08. The van der Waals surface area contributed by atoms with E-state index in [0.717, 1.165) is 0 Å². The fraction of sp³-hybridized carbons (Fsp3) is 0.238. The van der Waals surface area contributed by atoms with Gasteiger partial charge in [-0.2, -0.15) is 0 Å². The summed E-state index contributed by atoms with van der Waals surface area (Å²) in [6.45, 7) is 1.51. The van der Waals surface area contributed by atoms with Gasteiger partial charge in [0.1, 0.15) is 0 Å². The number of ether oxygens (including phenoxy) is 1. The Balaban J connectivity index is 1.65. The highest BCUT2D eigenvalue weighted by Gasteiger charge is 2.19. The molecule has 0 spiro atoms. The largest absolute Gasteiger partial charge is 0.454 e. The number of amides is 2. The van der Waals surface area contributed by atoms with Crippen LogP contribution in [0.3, 0.4) is 0 Å². The summed E-state index contributed by atoms with van der Waals surface area (Å²) in [5.74, 6) is -1.69. The summed E-state index contributed by atoms with van der Waals surface area (Å²) in [5.41, 5.74) is 5.48. The van der Waals surface area contributed by atoms with Crippen molar-refractivity contribution in [2.24, 2.45) is 0 Å². The van der Waals surface area contributed by atoms with Crippen molar-refractivity contribution >= 4 is 23.6 Å². The number of benzene rings is 2. The van der Waals surface area contributed by atoms with Crippen molar-refractivity contribution in [1.29, 1.82) is 0 Å². The zero-order valence-corrected chi connectivity index (χ0v) is 15.5. The molecule has 7 nitrogen and oxygen atoms in total. The molecule has 0 saturated carbocycles. The minimum atomic E-state index is -0.895. The van der Waals surface area contributed by atoms with E-state index in [9.17, 15) is 19.2 Å². The fourth-order valence-corrected chi connectivity index (χ4v) is 2.39. The number of nitrogens with one attached hydrogen (secondary N) is 2. The molecule has 0 saturated heterocycles. The molecule has 0 fully saturated rings. The molecule has 2 aromatic carbocycles. The zero-order valence-electron chi connectivity index (χ0n) is 15.5. The Morgan fingerprint density at radius 1 is 0.821 bits per heavy atom. The van der Waals surface area contributed by atoms with E-state index in [4.69, 9.17) is 4.74 Å². The summed E-state index contributed by atoms with van der Waals surface area (Å²) in [6, 6.07) is 17.0. The molecule has 1 unspecified atom stereocenters. The first kappa shape index (κ1) is 20.8. The third-order valence-corrected chi connectivity index (χ3v) is 3.87. The molecule has 0 aliphatic carbocycles. The number of esters is 1. The van der Waals surface area contributed by atoms with Crippen LogP contribution in [0.25, 0.3) is 0 Å². The smallest absolute Gasteiger partial charge is 0.306 e. The number of hydrazine groups is 1. The van der Waals surface area contributed by atoms with Gasteiger partial charge < -0.3 is 4.74 Å². The molecule has 0 aliphatic heterocycles. The average Bonchev–Trinajstić information content (AvgIpc) is 2.72. The minimum Gasteiger partial charge on any atom is -0.454 e. The van der Waals surface area contributed by atoms with Gasteiger partial charge in [0, 0.05) is 24.0 Å². The Kier molecular flexibility index (Phi) is 7.90. The molecule has 0 aliphatic rings. The second-order valence-corrected chi connectivity index (χ2v) is 6.08. The Morgan fingerprint density at radius 2 is 1.39 bits per heavy atom. The maximum Gasteiger partial charge on any atom is 0.306 e. The number of Topliss-reactive ketones (excluding diaryl/α,β-unsaturated/α-hetero) is 1. The van der Waals surface area contributed by atoms with E-state index in [1.54, 1.807) is 60.7 Å². The Hall–Kier alpha value is -3.48. The van der Waals surface area contributed by atoms with Crippen LogP contribution in [-0.2, 0) is 14.3 Å². The van der Waals surface area contributed by atoms with Crippen LogP contribution in [0.2, 0.25) is 0 Å². The Labute approximate surface area is 163 Å². The van der Waals surface area contributed by atoms with Gasteiger partial charge in [-0.25, -0.2) is 0 Å².